The topological polar surface area (TPSA) is 92.3 Å². The first kappa shape index (κ1) is 19.8. The van der Waals surface area contributed by atoms with Crippen LogP contribution in [0.2, 0.25) is 0 Å². The van der Waals surface area contributed by atoms with E-state index in [1.165, 1.54) is 35.5 Å². The molecule has 0 bridgehead atoms. The largest absolute Gasteiger partial charge is 0.536 e. The first-order chi connectivity index (χ1) is 11.5. The predicted octanol–water partition coefficient (Wildman–Crippen LogP) is 0.413. The summed E-state index contributed by atoms with van der Waals surface area (Å²) in [5.74, 6) is -1.37. The third-order valence-electron chi connectivity index (χ3n) is 3.19. The standard InChI is InChI=1S/C15H21NO7Si/c1-19-14(17)10-13(15(18)20-2)16-11-6-8-12(9-7-11)24(21-3,22-4)23-5/h6-10,16H,1-5H3/b13-10+. The van der Waals surface area contributed by atoms with Crippen LogP contribution in [0.1, 0.15) is 0 Å². The highest BCUT2D eigenvalue weighted by molar-refractivity contribution is 6.75. The number of benzene rings is 1. The molecule has 1 rings (SSSR count). The van der Waals surface area contributed by atoms with Gasteiger partial charge in [-0.15, -0.1) is 0 Å². The lowest BCUT2D eigenvalue weighted by Crippen LogP contribution is -2.54. The molecule has 0 aromatic heterocycles. The van der Waals surface area contributed by atoms with E-state index in [1.54, 1.807) is 24.3 Å². The molecule has 0 radical (unpaired) electrons. The number of methoxy groups -OCH3 is 2. The number of rotatable bonds is 8. The van der Waals surface area contributed by atoms with E-state index in [-0.39, 0.29) is 5.70 Å². The van der Waals surface area contributed by atoms with Gasteiger partial charge in [0.1, 0.15) is 5.70 Å². The van der Waals surface area contributed by atoms with Crippen molar-refractivity contribution < 1.29 is 32.3 Å². The van der Waals surface area contributed by atoms with Gasteiger partial charge in [-0.25, -0.2) is 9.59 Å². The van der Waals surface area contributed by atoms with Crippen LogP contribution >= 0.6 is 0 Å². The molecule has 0 unspecified atom stereocenters. The van der Waals surface area contributed by atoms with Crippen molar-refractivity contribution >= 4 is 31.6 Å². The molecule has 132 valence electrons. The molecule has 0 saturated carbocycles. The Labute approximate surface area is 141 Å². The molecule has 8 nitrogen and oxygen atoms in total. The Balaban J connectivity index is 3.05. The van der Waals surface area contributed by atoms with Gasteiger partial charge in [0.25, 0.3) is 0 Å². The molecule has 0 amide bonds. The zero-order chi connectivity index (χ0) is 18.2. The Morgan fingerprint density at radius 3 is 1.88 bits per heavy atom. The fourth-order valence-corrected chi connectivity index (χ4v) is 3.73. The average molecular weight is 355 g/mol. The Bertz CT molecular complexity index is 588. The van der Waals surface area contributed by atoms with Crippen molar-refractivity contribution in [3.63, 3.8) is 0 Å². The average Bonchev–Trinajstić information content (AvgIpc) is 2.63. The van der Waals surface area contributed by atoms with Gasteiger partial charge < -0.3 is 28.1 Å². The molecule has 0 saturated heterocycles. The predicted molar refractivity (Wildman–Crippen MR) is 88.6 cm³/mol. The molecular weight excluding hydrogens is 334 g/mol. The molecule has 0 fully saturated rings. The maximum atomic E-state index is 11.7. The number of ether oxygens (including phenoxy) is 2. The van der Waals surface area contributed by atoms with Crippen LogP contribution in [-0.4, -0.2) is 56.3 Å². The van der Waals surface area contributed by atoms with Crippen LogP contribution in [-0.2, 0) is 32.3 Å². The molecule has 0 aliphatic carbocycles. The fourth-order valence-electron chi connectivity index (χ4n) is 1.95. The van der Waals surface area contributed by atoms with Crippen molar-refractivity contribution in [1.82, 2.24) is 0 Å². The molecule has 0 aliphatic heterocycles. The summed E-state index contributed by atoms with van der Waals surface area (Å²) in [5.41, 5.74) is 0.511. The van der Waals surface area contributed by atoms with Crippen molar-refractivity contribution in [3.05, 3.63) is 36.0 Å². The highest BCUT2D eigenvalue weighted by Gasteiger charge is 2.40. The molecule has 24 heavy (non-hydrogen) atoms. The molecule has 1 aromatic rings. The van der Waals surface area contributed by atoms with E-state index in [9.17, 15) is 9.59 Å². The SMILES string of the molecule is COC(=O)/C=C(/Nc1ccc([Si](OC)(OC)OC)cc1)C(=O)OC. The van der Waals surface area contributed by atoms with E-state index in [0.717, 1.165) is 11.3 Å². The summed E-state index contributed by atoms with van der Waals surface area (Å²) in [6.07, 6.45) is 1.01. The smallest absolute Gasteiger partial charge is 0.466 e. The second-order valence-corrected chi connectivity index (χ2v) is 7.36. The normalized spacial score (nSPS) is 11.8. The Morgan fingerprint density at radius 2 is 1.46 bits per heavy atom. The van der Waals surface area contributed by atoms with Crippen molar-refractivity contribution in [2.75, 3.05) is 40.9 Å². The monoisotopic (exact) mass is 355 g/mol. The summed E-state index contributed by atoms with van der Waals surface area (Å²) >= 11 is 0. The van der Waals surface area contributed by atoms with Gasteiger partial charge in [0.2, 0.25) is 0 Å². The Morgan fingerprint density at radius 1 is 0.917 bits per heavy atom. The van der Waals surface area contributed by atoms with Crippen molar-refractivity contribution in [2.45, 2.75) is 0 Å². The fraction of sp³-hybridized carbons (Fsp3) is 0.333. The summed E-state index contributed by atoms with van der Waals surface area (Å²) in [6, 6.07) is 6.89. The zero-order valence-corrected chi connectivity index (χ0v) is 15.2. The second kappa shape index (κ2) is 9.18. The number of carbonyl (C=O) groups excluding carboxylic acids is 2. The van der Waals surface area contributed by atoms with Gasteiger partial charge in [-0.1, -0.05) is 12.1 Å². The van der Waals surface area contributed by atoms with Crippen LogP contribution in [0, 0.1) is 0 Å². The van der Waals surface area contributed by atoms with Gasteiger partial charge in [-0.3, -0.25) is 0 Å². The van der Waals surface area contributed by atoms with Gasteiger partial charge in [0.15, 0.2) is 0 Å². The lowest BCUT2D eigenvalue weighted by atomic mass is 10.3. The second-order valence-electron chi connectivity index (χ2n) is 4.44. The third-order valence-corrected chi connectivity index (χ3v) is 5.85. The molecule has 0 aliphatic rings. The molecule has 9 heteroatoms. The maximum absolute atomic E-state index is 11.7. The van der Waals surface area contributed by atoms with E-state index in [4.69, 9.17) is 13.3 Å². The first-order valence-corrected chi connectivity index (χ1v) is 8.59. The minimum atomic E-state index is -2.93. The van der Waals surface area contributed by atoms with E-state index in [2.05, 4.69) is 14.8 Å². The third kappa shape index (κ3) is 4.65. The summed E-state index contributed by atoms with van der Waals surface area (Å²) < 4.78 is 25.3. The van der Waals surface area contributed by atoms with Crippen LogP contribution in [0.15, 0.2) is 36.0 Å². The molecule has 0 heterocycles. The summed E-state index contributed by atoms with van der Waals surface area (Å²) in [6.45, 7) is 0. The van der Waals surface area contributed by atoms with E-state index >= 15 is 0 Å². The molecule has 1 N–H and O–H groups in total. The van der Waals surface area contributed by atoms with Crippen molar-refractivity contribution in [2.24, 2.45) is 0 Å². The summed E-state index contributed by atoms with van der Waals surface area (Å²) in [4.78, 5) is 23.1. The number of anilines is 1. The number of carbonyl (C=O) groups is 2. The van der Waals surface area contributed by atoms with Crippen molar-refractivity contribution in [1.29, 1.82) is 0 Å². The molecular formula is C15H21NO7Si. The summed E-state index contributed by atoms with van der Waals surface area (Å²) in [7, 11) is 4.05. The highest BCUT2D eigenvalue weighted by Crippen LogP contribution is 2.13. The summed E-state index contributed by atoms with van der Waals surface area (Å²) in [5, 5.41) is 3.55. The minimum Gasteiger partial charge on any atom is -0.466 e. The van der Waals surface area contributed by atoms with E-state index < -0.39 is 20.7 Å². The number of hydrogen-bond donors (Lipinski definition) is 1. The van der Waals surface area contributed by atoms with Crippen LogP contribution in [0.3, 0.4) is 0 Å². The maximum Gasteiger partial charge on any atom is 0.536 e. The molecule has 0 atom stereocenters. The van der Waals surface area contributed by atoms with Gasteiger partial charge in [-0.05, 0) is 12.1 Å². The minimum absolute atomic E-state index is 0.0502. The molecule has 0 spiro atoms. The number of hydrogen-bond acceptors (Lipinski definition) is 8. The molecule has 1 aromatic carbocycles. The quantitative estimate of drug-likeness (QED) is 0.407. The number of nitrogens with one attached hydrogen (secondary N) is 1. The van der Waals surface area contributed by atoms with Crippen LogP contribution in [0.25, 0.3) is 0 Å². The number of esters is 2. The van der Waals surface area contributed by atoms with Crippen molar-refractivity contribution in [3.8, 4) is 0 Å². The van der Waals surface area contributed by atoms with Gasteiger partial charge >= 0.3 is 20.7 Å². The van der Waals surface area contributed by atoms with Crippen LogP contribution in [0.5, 0.6) is 0 Å². The lowest BCUT2D eigenvalue weighted by Gasteiger charge is -2.24. The zero-order valence-electron chi connectivity index (χ0n) is 14.2. The van der Waals surface area contributed by atoms with Gasteiger partial charge in [0, 0.05) is 32.2 Å². The van der Waals surface area contributed by atoms with Gasteiger partial charge in [0.05, 0.1) is 20.3 Å². The van der Waals surface area contributed by atoms with Gasteiger partial charge in [-0.2, -0.15) is 0 Å². The Kier molecular flexibility index (Phi) is 7.59. The van der Waals surface area contributed by atoms with Crippen LogP contribution in [0.4, 0.5) is 5.69 Å². The van der Waals surface area contributed by atoms with Crippen LogP contribution < -0.4 is 10.5 Å². The van der Waals surface area contributed by atoms with E-state index in [0.29, 0.717) is 5.69 Å². The first-order valence-electron chi connectivity index (χ1n) is 6.87. The highest BCUT2D eigenvalue weighted by atomic mass is 28.4. The lowest BCUT2D eigenvalue weighted by molar-refractivity contribution is -0.138. The van der Waals surface area contributed by atoms with E-state index in [1.807, 2.05) is 0 Å². The Hall–Kier alpha value is -2.20.